The van der Waals surface area contributed by atoms with E-state index in [-0.39, 0.29) is 12.0 Å². The maximum atomic E-state index is 11.1. The van der Waals surface area contributed by atoms with Gasteiger partial charge >= 0.3 is 0 Å². The summed E-state index contributed by atoms with van der Waals surface area (Å²) in [7, 11) is 0. The van der Waals surface area contributed by atoms with Gasteiger partial charge in [-0.15, -0.1) is 0 Å². The molecule has 4 heteroatoms. The van der Waals surface area contributed by atoms with E-state index >= 15 is 0 Å². The molecule has 0 amide bonds. The van der Waals surface area contributed by atoms with Crippen LogP contribution in [-0.4, -0.2) is 14.7 Å². The van der Waals surface area contributed by atoms with Gasteiger partial charge in [-0.05, 0) is 41.7 Å². The number of aryl methyl sites for hydroxylation is 1. The molecule has 5 rings (SSSR count). The summed E-state index contributed by atoms with van der Waals surface area (Å²) >= 11 is 0. The van der Waals surface area contributed by atoms with Crippen LogP contribution in [0.3, 0.4) is 0 Å². The van der Waals surface area contributed by atoms with Gasteiger partial charge in [-0.1, -0.05) is 30.3 Å². The number of aliphatic hydroxyl groups is 1. The van der Waals surface area contributed by atoms with Gasteiger partial charge in [0.05, 0.1) is 42.0 Å². The summed E-state index contributed by atoms with van der Waals surface area (Å²) in [5.74, 6) is 0.0676. The molecule has 0 fully saturated rings. The highest BCUT2D eigenvalue weighted by Gasteiger charge is 2.40. The second kappa shape index (κ2) is 5.30. The van der Waals surface area contributed by atoms with E-state index in [4.69, 9.17) is 0 Å². The van der Waals surface area contributed by atoms with Crippen LogP contribution in [0.2, 0.25) is 0 Å². The molecule has 0 unspecified atom stereocenters. The van der Waals surface area contributed by atoms with Crippen LogP contribution in [0.25, 0.3) is 11.3 Å². The molecule has 0 radical (unpaired) electrons. The minimum absolute atomic E-state index is 0.0676. The molecular formula is C21H17N3O. The molecule has 0 bridgehead atoms. The predicted octanol–water partition coefficient (Wildman–Crippen LogP) is 3.62. The number of nitrogens with zero attached hydrogens (tertiary/aromatic N) is 3. The number of hydrogen-bond acceptors (Lipinski definition) is 3. The van der Waals surface area contributed by atoms with Gasteiger partial charge in [0.1, 0.15) is 0 Å². The summed E-state index contributed by atoms with van der Waals surface area (Å²) in [4.78, 5) is 4.32. The predicted molar refractivity (Wildman–Crippen MR) is 93.7 cm³/mol. The molecule has 2 aliphatic rings. The van der Waals surface area contributed by atoms with E-state index in [2.05, 4.69) is 33.8 Å². The van der Waals surface area contributed by atoms with E-state index in [0.29, 0.717) is 5.56 Å². The van der Waals surface area contributed by atoms with Crippen LogP contribution in [0.4, 0.5) is 0 Å². The summed E-state index contributed by atoms with van der Waals surface area (Å²) in [6, 6.07) is 16.3. The molecule has 122 valence electrons. The zero-order chi connectivity index (χ0) is 17.0. The lowest BCUT2D eigenvalue weighted by Crippen LogP contribution is -2.28. The van der Waals surface area contributed by atoms with Crippen molar-refractivity contribution in [2.24, 2.45) is 5.92 Å². The maximum absolute atomic E-state index is 11.1. The van der Waals surface area contributed by atoms with Crippen molar-refractivity contribution in [3.8, 4) is 17.3 Å². The van der Waals surface area contributed by atoms with Crippen LogP contribution in [0.1, 0.15) is 40.8 Å². The normalized spacial score (nSPS) is 23.4. The molecule has 3 aromatic rings. The number of imidazole rings is 1. The van der Waals surface area contributed by atoms with Crippen molar-refractivity contribution in [1.29, 1.82) is 5.26 Å². The van der Waals surface area contributed by atoms with Crippen LogP contribution in [0.5, 0.6) is 0 Å². The lowest BCUT2D eigenvalue weighted by molar-refractivity contribution is 0.0720. The topological polar surface area (TPSA) is 61.8 Å². The van der Waals surface area contributed by atoms with Gasteiger partial charge in [0, 0.05) is 11.5 Å². The first-order valence-electron chi connectivity index (χ1n) is 8.60. The van der Waals surface area contributed by atoms with Crippen molar-refractivity contribution in [1.82, 2.24) is 9.55 Å². The molecule has 1 aliphatic heterocycles. The monoisotopic (exact) mass is 327 g/mol. The fraction of sp³-hybridized carbons (Fsp3) is 0.238. The molecule has 0 saturated carbocycles. The van der Waals surface area contributed by atoms with Gasteiger partial charge in [0.25, 0.3) is 0 Å². The fourth-order valence-corrected chi connectivity index (χ4v) is 4.52. The van der Waals surface area contributed by atoms with Gasteiger partial charge in [-0.2, -0.15) is 5.26 Å². The minimum Gasteiger partial charge on any atom is -0.388 e. The molecule has 0 spiro atoms. The standard InChI is InChI=1S/C21H17N3O/c22-10-13-5-6-14-7-8-17(21(25)18(14)9-13)20-16-4-2-1-3-15(16)19-11-23-12-24(19)20/h1-6,9,11-12,17,20-21,25H,7-8H2/t17-,20-,21+/m0/s1. The van der Waals surface area contributed by atoms with Crippen molar-refractivity contribution in [3.05, 3.63) is 77.2 Å². The van der Waals surface area contributed by atoms with Crippen molar-refractivity contribution < 1.29 is 5.11 Å². The third-order valence-corrected chi connectivity index (χ3v) is 5.67. The number of benzene rings is 2. The smallest absolute Gasteiger partial charge is 0.0991 e. The highest BCUT2D eigenvalue weighted by atomic mass is 16.3. The van der Waals surface area contributed by atoms with Gasteiger partial charge in [-0.25, -0.2) is 4.98 Å². The molecule has 2 aromatic carbocycles. The third kappa shape index (κ3) is 2.00. The van der Waals surface area contributed by atoms with Crippen LogP contribution in [-0.2, 0) is 6.42 Å². The van der Waals surface area contributed by atoms with Crippen molar-refractivity contribution >= 4 is 0 Å². The first kappa shape index (κ1) is 14.4. The lowest BCUT2D eigenvalue weighted by atomic mass is 9.75. The van der Waals surface area contributed by atoms with E-state index in [1.165, 1.54) is 11.1 Å². The van der Waals surface area contributed by atoms with Crippen LogP contribution in [0.15, 0.2) is 55.0 Å². The third-order valence-electron chi connectivity index (χ3n) is 5.67. The van der Waals surface area contributed by atoms with Gasteiger partial charge in [0.2, 0.25) is 0 Å². The Balaban J connectivity index is 1.62. The van der Waals surface area contributed by atoms with Gasteiger partial charge in [-0.3, -0.25) is 0 Å². The molecular weight excluding hydrogens is 310 g/mol. The lowest BCUT2D eigenvalue weighted by Gasteiger charge is -2.35. The summed E-state index contributed by atoms with van der Waals surface area (Å²) in [6.45, 7) is 0. The Morgan fingerprint density at radius 2 is 2.04 bits per heavy atom. The Morgan fingerprint density at radius 3 is 2.92 bits per heavy atom. The Hall–Kier alpha value is -2.90. The SMILES string of the molecule is N#Cc1ccc2c(c1)[C@H](O)[C@H]([C@@H]1c3ccccc3-c3cncn31)CC2. The Kier molecular flexibility index (Phi) is 3.06. The number of aromatic nitrogens is 2. The largest absolute Gasteiger partial charge is 0.388 e. The maximum Gasteiger partial charge on any atom is 0.0991 e. The van der Waals surface area contributed by atoms with Crippen molar-refractivity contribution in [2.75, 3.05) is 0 Å². The van der Waals surface area contributed by atoms with E-state index < -0.39 is 6.10 Å². The van der Waals surface area contributed by atoms with Gasteiger partial charge < -0.3 is 9.67 Å². The van der Waals surface area contributed by atoms with Crippen LogP contribution in [0, 0.1) is 17.2 Å². The zero-order valence-electron chi connectivity index (χ0n) is 13.6. The number of hydrogen-bond donors (Lipinski definition) is 1. The van der Waals surface area contributed by atoms with E-state index in [1.807, 2.05) is 36.8 Å². The zero-order valence-corrected chi connectivity index (χ0v) is 13.6. The quantitative estimate of drug-likeness (QED) is 0.742. The highest BCUT2D eigenvalue weighted by molar-refractivity contribution is 5.69. The average Bonchev–Trinajstić information content (AvgIpc) is 3.23. The van der Waals surface area contributed by atoms with E-state index in [0.717, 1.165) is 29.7 Å². The first-order valence-corrected chi connectivity index (χ1v) is 8.60. The van der Waals surface area contributed by atoms with E-state index in [1.54, 1.807) is 0 Å². The van der Waals surface area contributed by atoms with E-state index in [9.17, 15) is 10.4 Å². The summed E-state index contributed by atoms with van der Waals surface area (Å²) in [5, 5.41) is 20.3. The Labute approximate surface area is 146 Å². The molecule has 25 heavy (non-hydrogen) atoms. The van der Waals surface area contributed by atoms with Gasteiger partial charge in [0.15, 0.2) is 0 Å². The number of rotatable bonds is 1. The molecule has 4 nitrogen and oxygen atoms in total. The minimum atomic E-state index is -0.580. The second-order valence-corrected chi connectivity index (χ2v) is 6.89. The summed E-state index contributed by atoms with van der Waals surface area (Å²) in [6.07, 6.45) is 5.02. The second-order valence-electron chi connectivity index (χ2n) is 6.89. The fourth-order valence-electron chi connectivity index (χ4n) is 4.52. The molecule has 0 saturated heterocycles. The Morgan fingerprint density at radius 1 is 1.16 bits per heavy atom. The molecule has 1 N–H and O–H groups in total. The number of nitriles is 1. The average molecular weight is 327 g/mol. The number of fused-ring (bicyclic) bond motifs is 4. The van der Waals surface area contributed by atoms with Crippen LogP contribution < -0.4 is 0 Å². The highest BCUT2D eigenvalue weighted by Crippen LogP contribution is 2.49. The molecule has 2 heterocycles. The first-order chi connectivity index (χ1) is 12.3. The molecule has 1 aliphatic carbocycles. The molecule has 1 aromatic heterocycles. The molecule has 3 atom stereocenters. The summed E-state index contributed by atoms with van der Waals surface area (Å²) < 4.78 is 2.19. The Bertz CT molecular complexity index is 1010. The van der Waals surface area contributed by atoms with Crippen molar-refractivity contribution in [3.63, 3.8) is 0 Å². The van der Waals surface area contributed by atoms with Crippen LogP contribution >= 0.6 is 0 Å². The van der Waals surface area contributed by atoms with Crippen molar-refractivity contribution in [2.45, 2.75) is 25.0 Å². The number of aliphatic hydroxyl groups excluding tert-OH is 1. The summed E-state index contributed by atoms with van der Waals surface area (Å²) in [5.41, 5.74) is 6.23.